The molecule has 0 fully saturated rings. The van der Waals surface area contributed by atoms with Gasteiger partial charge in [0.1, 0.15) is 0 Å². The summed E-state index contributed by atoms with van der Waals surface area (Å²) < 4.78 is 342. The maximum absolute atomic E-state index is 13.9. The largest absolute Gasteiger partial charge is 0.460 e. The van der Waals surface area contributed by atoms with Gasteiger partial charge in [-0.05, 0) is 18.8 Å². The third-order valence-corrected chi connectivity index (χ3v) is 6.50. The van der Waals surface area contributed by atoms with Gasteiger partial charge in [-0.2, -0.15) is 114 Å². The highest BCUT2D eigenvalue weighted by Gasteiger charge is 2.92. The van der Waals surface area contributed by atoms with Crippen LogP contribution in [0.2, 0.25) is 0 Å². The topological polar surface area (TPSA) is 0 Å². The third-order valence-electron chi connectivity index (χ3n) is 6.50. The highest BCUT2D eigenvalue weighted by atomic mass is 19.4. The van der Waals surface area contributed by atoms with Crippen molar-refractivity contribution in [2.75, 3.05) is 0 Å². The van der Waals surface area contributed by atoms with Crippen molar-refractivity contribution in [1.82, 2.24) is 0 Å². The number of hydrogen-bond acceptors (Lipinski definition) is 0. The Morgan fingerprint density at radius 2 is 0.681 bits per heavy atom. The Balaban J connectivity index is 3.15. The maximum Gasteiger partial charge on any atom is 0.460 e. The molecule has 0 heterocycles. The SMILES string of the molecule is FC(F)(F)C(F)(F)C(F)(F)C(F)(F)C(F)(F)C(F)(F)CCC1=CC(CCC(F)(F)C(F)(F)C(F)(F)C(F)(F)C(F)(F)C(F)(F)F)C=C1. The fraction of sp³-hybridized carbons (Fsp3) is 0.810. The predicted octanol–water partition coefficient (Wildman–Crippen LogP) is 11.1. The van der Waals surface area contributed by atoms with Gasteiger partial charge in [0, 0.05) is 12.8 Å². The molecule has 0 bridgehead atoms. The summed E-state index contributed by atoms with van der Waals surface area (Å²) in [6.07, 6.45) is -23.5. The lowest BCUT2D eigenvalue weighted by Gasteiger charge is -2.39. The second kappa shape index (κ2) is 11.6. The second-order valence-corrected chi connectivity index (χ2v) is 9.80. The standard InChI is InChI=1S/C21H12F26/c22-10(23,12(26,27)14(30,31)16(34,35)18(38,39)20(42,43)44)5-3-8-1-2-9(7-8)4-6-11(24,25)13(28,29)15(32,33)17(36,37)19(40,41)21(45,46)47/h1-2,7-8H,3-6H2. The fourth-order valence-corrected chi connectivity index (χ4v) is 3.55. The van der Waals surface area contributed by atoms with E-state index < -0.39 is 109 Å². The van der Waals surface area contributed by atoms with Crippen LogP contribution in [0.3, 0.4) is 0 Å². The van der Waals surface area contributed by atoms with Gasteiger partial charge < -0.3 is 0 Å². The monoisotopic (exact) mass is 758 g/mol. The Morgan fingerprint density at radius 3 is 1.00 bits per heavy atom. The summed E-state index contributed by atoms with van der Waals surface area (Å²) in [5.74, 6) is -79.2. The number of alkyl halides is 26. The Morgan fingerprint density at radius 1 is 0.383 bits per heavy atom. The Labute approximate surface area is 242 Å². The molecule has 1 atom stereocenters. The van der Waals surface area contributed by atoms with Gasteiger partial charge in [-0.25, -0.2) is 0 Å². The van der Waals surface area contributed by atoms with E-state index in [4.69, 9.17) is 0 Å². The van der Waals surface area contributed by atoms with Crippen LogP contribution in [-0.4, -0.2) is 71.6 Å². The summed E-state index contributed by atoms with van der Waals surface area (Å²) in [6.45, 7) is 0. The molecule has 278 valence electrons. The zero-order valence-corrected chi connectivity index (χ0v) is 21.5. The summed E-state index contributed by atoms with van der Waals surface area (Å²) in [5.41, 5.74) is -0.946. The van der Waals surface area contributed by atoms with E-state index in [9.17, 15) is 114 Å². The maximum atomic E-state index is 13.9. The van der Waals surface area contributed by atoms with Gasteiger partial charge in [0.25, 0.3) is 0 Å². The molecular weight excluding hydrogens is 746 g/mol. The van der Waals surface area contributed by atoms with Crippen molar-refractivity contribution in [3.05, 3.63) is 23.8 Å². The lowest BCUT2D eigenvalue weighted by molar-refractivity contribution is -0.440. The van der Waals surface area contributed by atoms with E-state index in [0.717, 1.165) is 0 Å². The molecule has 0 saturated carbocycles. The predicted molar refractivity (Wildman–Crippen MR) is 101 cm³/mol. The first-order valence-corrected chi connectivity index (χ1v) is 11.5. The van der Waals surface area contributed by atoms with Crippen molar-refractivity contribution in [3.8, 4) is 0 Å². The molecule has 0 nitrogen and oxygen atoms in total. The molecule has 1 rings (SSSR count). The molecule has 1 unspecified atom stereocenters. The average Bonchev–Trinajstić information content (AvgIpc) is 3.32. The van der Waals surface area contributed by atoms with Crippen molar-refractivity contribution in [2.45, 2.75) is 97.3 Å². The highest BCUT2D eigenvalue weighted by Crippen LogP contribution is 2.62. The van der Waals surface area contributed by atoms with E-state index in [1.54, 1.807) is 0 Å². The van der Waals surface area contributed by atoms with E-state index in [2.05, 4.69) is 0 Å². The molecule has 0 aliphatic heterocycles. The molecular formula is C21H12F26. The minimum Gasteiger partial charge on any atom is -0.200 e. The Kier molecular flexibility index (Phi) is 10.6. The first kappa shape index (κ1) is 42.7. The van der Waals surface area contributed by atoms with Crippen LogP contribution in [0.1, 0.15) is 25.7 Å². The number of halogens is 26. The van der Waals surface area contributed by atoms with Crippen molar-refractivity contribution in [1.29, 1.82) is 0 Å². The minimum absolute atomic E-state index is 0.248. The number of allylic oxidation sites excluding steroid dienone is 4. The normalized spacial score (nSPS) is 19.0. The van der Waals surface area contributed by atoms with Crippen LogP contribution in [0.15, 0.2) is 23.8 Å². The average molecular weight is 758 g/mol. The molecule has 0 amide bonds. The fourth-order valence-electron chi connectivity index (χ4n) is 3.55. The Hall–Kier alpha value is -2.34. The van der Waals surface area contributed by atoms with Crippen LogP contribution in [0, 0.1) is 5.92 Å². The van der Waals surface area contributed by atoms with Gasteiger partial charge >= 0.3 is 71.6 Å². The smallest absolute Gasteiger partial charge is 0.200 e. The summed E-state index contributed by atoms with van der Waals surface area (Å²) >= 11 is 0. The van der Waals surface area contributed by atoms with Crippen LogP contribution < -0.4 is 0 Å². The van der Waals surface area contributed by atoms with Crippen LogP contribution in [0.4, 0.5) is 114 Å². The molecule has 0 aromatic carbocycles. The molecule has 0 aromatic rings. The summed E-state index contributed by atoms with van der Waals surface area (Å²) in [5, 5.41) is 0. The van der Waals surface area contributed by atoms with E-state index in [-0.39, 0.29) is 6.08 Å². The van der Waals surface area contributed by atoms with E-state index >= 15 is 0 Å². The highest BCUT2D eigenvalue weighted by molar-refractivity contribution is 5.29. The molecule has 0 radical (unpaired) electrons. The van der Waals surface area contributed by atoms with Gasteiger partial charge in [0.05, 0.1) is 0 Å². The van der Waals surface area contributed by atoms with Crippen molar-refractivity contribution >= 4 is 0 Å². The summed E-state index contributed by atoms with van der Waals surface area (Å²) in [7, 11) is 0. The molecule has 0 aromatic heterocycles. The molecule has 0 N–H and O–H groups in total. The van der Waals surface area contributed by atoms with Crippen LogP contribution in [0.25, 0.3) is 0 Å². The van der Waals surface area contributed by atoms with Gasteiger partial charge in [-0.3, -0.25) is 0 Å². The molecule has 26 heteroatoms. The van der Waals surface area contributed by atoms with Crippen molar-refractivity contribution in [2.24, 2.45) is 5.92 Å². The quantitative estimate of drug-likeness (QED) is 0.155. The zero-order valence-electron chi connectivity index (χ0n) is 21.5. The number of rotatable bonds is 14. The minimum atomic E-state index is -8.21. The lowest BCUT2D eigenvalue weighted by atomic mass is 9.90. The summed E-state index contributed by atoms with van der Waals surface area (Å²) in [4.78, 5) is 0. The first-order chi connectivity index (χ1) is 20.2. The van der Waals surface area contributed by atoms with Gasteiger partial charge in [0.2, 0.25) is 0 Å². The molecule has 0 saturated heterocycles. The van der Waals surface area contributed by atoms with Gasteiger partial charge in [-0.15, -0.1) is 0 Å². The zero-order chi connectivity index (χ0) is 38.1. The van der Waals surface area contributed by atoms with E-state index in [1.165, 1.54) is 0 Å². The molecule has 1 aliphatic rings. The van der Waals surface area contributed by atoms with Gasteiger partial charge in [-0.1, -0.05) is 23.8 Å². The Bertz CT molecular complexity index is 1180. The van der Waals surface area contributed by atoms with Crippen molar-refractivity contribution < 1.29 is 114 Å². The van der Waals surface area contributed by atoms with Crippen molar-refractivity contribution in [3.63, 3.8) is 0 Å². The van der Waals surface area contributed by atoms with E-state index in [0.29, 0.717) is 12.2 Å². The van der Waals surface area contributed by atoms with Gasteiger partial charge in [0.15, 0.2) is 0 Å². The van der Waals surface area contributed by atoms with Crippen LogP contribution in [0.5, 0.6) is 0 Å². The molecule has 0 spiro atoms. The molecule has 1 aliphatic carbocycles. The molecule has 47 heavy (non-hydrogen) atoms. The number of hydrogen-bond donors (Lipinski definition) is 0. The third kappa shape index (κ3) is 6.42. The van der Waals surface area contributed by atoms with E-state index in [1.807, 2.05) is 0 Å². The van der Waals surface area contributed by atoms with Crippen LogP contribution in [-0.2, 0) is 0 Å². The summed E-state index contributed by atoms with van der Waals surface area (Å²) in [6, 6.07) is 0. The van der Waals surface area contributed by atoms with Crippen LogP contribution >= 0.6 is 0 Å². The lowest BCUT2D eigenvalue weighted by Crippen LogP contribution is -2.70. The second-order valence-electron chi connectivity index (χ2n) is 9.80. The first-order valence-electron chi connectivity index (χ1n) is 11.5.